The van der Waals surface area contributed by atoms with Gasteiger partial charge in [0.15, 0.2) is 0 Å². The van der Waals surface area contributed by atoms with Crippen molar-refractivity contribution in [2.45, 2.75) is 38.7 Å². The van der Waals surface area contributed by atoms with Gasteiger partial charge in [0.1, 0.15) is 0 Å². The minimum atomic E-state index is -0.111. The monoisotopic (exact) mass is 176 g/mol. The van der Waals surface area contributed by atoms with Crippen LogP contribution in [-0.2, 0) is 19.3 Å². The van der Waals surface area contributed by atoms with Gasteiger partial charge in [-0.25, -0.2) is 0 Å². The highest BCUT2D eigenvalue weighted by molar-refractivity contribution is 5.37. The molecule has 0 amide bonds. The Hall–Kier alpha value is -0.820. The van der Waals surface area contributed by atoms with Crippen LogP contribution in [-0.4, -0.2) is 11.2 Å². The van der Waals surface area contributed by atoms with E-state index in [-0.39, 0.29) is 6.10 Å². The Morgan fingerprint density at radius 1 is 1.46 bits per heavy atom. The third-order valence-corrected chi connectivity index (χ3v) is 2.93. The van der Waals surface area contributed by atoms with Crippen molar-refractivity contribution in [3.05, 3.63) is 34.9 Å². The molecule has 0 aromatic heterocycles. The zero-order valence-corrected chi connectivity index (χ0v) is 8.09. The Kier molecular flexibility index (Phi) is 2.36. The number of aryl methyl sites for hydroxylation is 1. The van der Waals surface area contributed by atoms with Crippen molar-refractivity contribution in [3.8, 4) is 0 Å². The molecule has 1 aliphatic carbocycles. The second-order valence-corrected chi connectivity index (χ2v) is 3.80. The smallest absolute Gasteiger partial charge is 0.0583 e. The van der Waals surface area contributed by atoms with Crippen molar-refractivity contribution in [1.82, 2.24) is 0 Å². The van der Waals surface area contributed by atoms with Gasteiger partial charge in [0.25, 0.3) is 0 Å². The molecule has 2 rings (SSSR count). The van der Waals surface area contributed by atoms with Crippen LogP contribution in [0.4, 0.5) is 0 Å². The van der Waals surface area contributed by atoms with Crippen LogP contribution in [0.15, 0.2) is 18.2 Å². The normalized spacial score (nSPS) is 21.2. The van der Waals surface area contributed by atoms with Crippen LogP contribution < -0.4 is 0 Å². The first-order valence-corrected chi connectivity index (χ1v) is 5.09. The molecule has 1 N–H and O–H groups in total. The van der Waals surface area contributed by atoms with Crippen LogP contribution in [0.1, 0.15) is 30.0 Å². The molecule has 0 bridgehead atoms. The van der Waals surface area contributed by atoms with E-state index < -0.39 is 0 Å². The number of aliphatic hydroxyl groups excluding tert-OH is 1. The summed E-state index contributed by atoms with van der Waals surface area (Å²) in [5, 5.41) is 9.52. The highest BCUT2D eigenvalue weighted by Gasteiger charge is 2.17. The van der Waals surface area contributed by atoms with E-state index in [4.69, 9.17) is 0 Å². The minimum Gasteiger partial charge on any atom is -0.393 e. The lowest BCUT2D eigenvalue weighted by molar-refractivity contribution is 0.158. The van der Waals surface area contributed by atoms with Crippen molar-refractivity contribution in [2.75, 3.05) is 0 Å². The van der Waals surface area contributed by atoms with Crippen LogP contribution >= 0.6 is 0 Å². The van der Waals surface area contributed by atoms with Gasteiger partial charge in [-0.3, -0.25) is 0 Å². The van der Waals surface area contributed by atoms with Gasteiger partial charge in [0, 0.05) is 0 Å². The third-order valence-electron chi connectivity index (χ3n) is 2.93. The van der Waals surface area contributed by atoms with E-state index in [0.29, 0.717) is 0 Å². The van der Waals surface area contributed by atoms with Gasteiger partial charge in [-0.15, -0.1) is 0 Å². The highest BCUT2D eigenvalue weighted by atomic mass is 16.3. The van der Waals surface area contributed by atoms with Gasteiger partial charge in [-0.1, -0.05) is 25.1 Å². The Morgan fingerprint density at radius 2 is 2.31 bits per heavy atom. The molecule has 1 heteroatoms. The third kappa shape index (κ3) is 1.61. The lowest BCUT2D eigenvalue weighted by atomic mass is 9.86. The second kappa shape index (κ2) is 3.51. The van der Waals surface area contributed by atoms with Crippen LogP contribution in [0.25, 0.3) is 0 Å². The first kappa shape index (κ1) is 8.76. The standard InChI is InChI=1S/C12H16O/c1-2-9-4-3-5-10-8-11(13)6-7-12(9)10/h3-5,11,13H,2,6-8H2,1H3. The van der Waals surface area contributed by atoms with Crippen LogP contribution in [0.3, 0.4) is 0 Å². The van der Waals surface area contributed by atoms with Crippen LogP contribution in [0, 0.1) is 0 Å². The van der Waals surface area contributed by atoms with Crippen molar-refractivity contribution in [1.29, 1.82) is 0 Å². The predicted molar refractivity (Wildman–Crippen MR) is 53.9 cm³/mol. The Morgan fingerprint density at radius 3 is 3.08 bits per heavy atom. The predicted octanol–water partition coefficient (Wildman–Crippen LogP) is 2.10. The molecule has 0 saturated heterocycles. The zero-order chi connectivity index (χ0) is 9.26. The van der Waals surface area contributed by atoms with Gasteiger partial charge >= 0.3 is 0 Å². The van der Waals surface area contributed by atoms with Gasteiger partial charge in [0.2, 0.25) is 0 Å². The molecule has 0 fully saturated rings. The van der Waals surface area contributed by atoms with Gasteiger partial charge < -0.3 is 5.11 Å². The summed E-state index contributed by atoms with van der Waals surface area (Å²) in [5.41, 5.74) is 4.32. The van der Waals surface area contributed by atoms with Gasteiger partial charge in [-0.2, -0.15) is 0 Å². The van der Waals surface area contributed by atoms with Crippen LogP contribution in [0.5, 0.6) is 0 Å². The van der Waals surface area contributed by atoms with Crippen molar-refractivity contribution in [2.24, 2.45) is 0 Å². The van der Waals surface area contributed by atoms with Gasteiger partial charge in [0.05, 0.1) is 6.10 Å². The molecule has 1 aromatic rings. The first-order chi connectivity index (χ1) is 6.31. The first-order valence-electron chi connectivity index (χ1n) is 5.09. The average Bonchev–Trinajstić information content (AvgIpc) is 2.16. The topological polar surface area (TPSA) is 20.2 Å². The molecule has 1 unspecified atom stereocenters. The fourth-order valence-corrected chi connectivity index (χ4v) is 2.20. The van der Waals surface area contributed by atoms with E-state index in [0.717, 1.165) is 25.7 Å². The van der Waals surface area contributed by atoms with E-state index in [1.54, 1.807) is 0 Å². The molecule has 0 radical (unpaired) electrons. The molecule has 0 spiro atoms. The quantitative estimate of drug-likeness (QED) is 0.694. The summed E-state index contributed by atoms with van der Waals surface area (Å²) in [5.74, 6) is 0. The molecule has 0 saturated carbocycles. The van der Waals surface area contributed by atoms with E-state index in [9.17, 15) is 5.11 Å². The van der Waals surface area contributed by atoms with Crippen LogP contribution in [0.2, 0.25) is 0 Å². The molecule has 1 nitrogen and oxygen atoms in total. The fraction of sp³-hybridized carbons (Fsp3) is 0.500. The van der Waals surface area contributed by atoms with Crippen molar-refractivity contribution < 1.29 is 5.11 Å². The Balaban J connectivity index is 2.39. The lowest BCUT2D eigenvalue weighted by Gasteiger charge is -2.22. The number of hydrogen-bond donors (Lipinski definition) is 1. The fourth-order valence-electron chi connectivity index (χ4n) is 2.20. The Bertz CT molecular complexity index is 304. The molecule has 1 aromatic carbocycles. The average molecular weight is 176 g/mol. The number of aliphatic hydroxyl groups is 1. The number of fused-ring (bicyclic) bond motifs is 1. The summed E-state index contributed by atoms with van der Waals surface area (Å²) in [4.78, 5) is 0. The number of benzene rings is 1. The van der Waals surface area contributed by atoms with Gasteiger partial charge in [-0.05, 0) is 42.4 Å². The maximum atomic E-state index is 9.52. The van der Waals surface area contributed by atoms with E-state index in [1.165, 1.54) is 16.7 Å². The number of rotatable bonds is 1. The lowest BCUT2D eigenvalue weighted by Crippen LogP contribution is -2.19. The van der Waals surface area contributed by atoms with E-state index in [1.807, 2.05) is 0 Å². The molecular weight excluding hydrogens is 160 g/mol. The maximum absolute atomic E-state index is 9.52. The van der Waals surface area contributed by atoms with E-state index >= 15 is 0 Å². The summed E-state index contributed by atoms with van der Waals surface area (Å²) < 4.78 is 0. The molecule has 0 heterocycles. The molecular formula is C12H16O. The Labute approximate surface area is 79.4 Å². The molecule has 0 aliphatic heterocycles. The summed E-state index contributed by atoms with van der Waals surface area (Å²) in [6, 6.07) is 6.46. The largest absolute Gasteiger partial charge is 0.393 e. The maximum Gasteiger partial charge on any atom is 0.0583 e. The van der Waals surface area contributed by atoms with Crippen molar-refractivity contribution >= 4 is 0 Å². The molecule has 70 valence electrons. The second-order valence-electron chi connectivity index (χ2n) is 3.80. The summed E-state index contributed by atoms with van der Waals surface area (Å²) in [6.45, 7) is 2.20. The van der Waals surface area contributed by atoms with Crippen molar-refractivity contribution in [3.63, 3.8) is 0 Å². The minimum absolute atomic E-state index is 0.111. The molecule has 1 aliphatic rings. The summed E-state index contributed by atoms with van der Waals surface area (Å²) in [7, 11) is 0. The molecule has 13 heavy (non-hydrogen) atoms. The van der Waals surface area contributed by atoms with E-state index in [2.05, 4.69) is 25.1 Å². The summed E-state index contributed by atoms with van der Waals surface area (Å²) in [6.07, 6.45) is 3.84. The zero-order valence-electron chi connectivity index (χ0n) is 8.09. The molecule has 1 atom stereocenters. The number of hydrogen-bond acceptors (Lipinski definition) is 1. The SMILES string of the molecule is CCc1cccc2c1CCC(O)C2. The summed E-state index contributed by atoms with van der Waals surface area (Å²) >= 11 is 0. The highest BCUT2D eigenvalue weighted by Crippen LogP contribution is 2.24.